The molecule has 0 N–H and O–H groups in total. The lowest BCUT2D eigenvalue weighted by Gasteiger charge is -2.32. The first-order chi connectivity index (χ1) is 12.0. The van der Waals surface area contributed by atoms with Crippen molar-refractivity contribution in [1.29, 1.82) is 0 Å². The van der Waals surface area contributed by atoms with Gasteiger partial charge < -0.3 is 9.80 Å². The first-order valence-corrected chi connectivity index (χ1v) is 10.7. The number of rotatable bonds is 5. The van der Waals surface area contributed by atoms with Gasteiger partial charge >= 0.3 is 0 Å². The molecule has 4 heteroatoms. The molecule has 136 valence electrons. The van der Waals surface area contributed by atoms with Crippen LogP contribution in [0.4, 0.5) is 5.69 Å². The number of nitrogens with zero attached hydrogens (tertiary/aromatic N) is 2. The molecule has 3 rings (SSSR count). The average Bonchev–Trinajstić information content (AvgIpc) is 3.12. The molecule has 0 saturated carbocycles. The zero-order valence-electron chi connectivity index (χ0n) is 15.8. The highest BCUT2D eigenvalue weighted by Crippen LogP contribution is 2.46. The van der Waals surface area contributed by atoms with Crippen molar-refractivity contribution in [2.75, 3.05) is 30.3 Å². The first kappa shape index (κ1) is 18.7. The summed E-state index contributed by atoms with van der Waals surface area (Å²) >= 11 is 8.62. The van der Waals surface area contributed by atoms with E-state index in [1.54, 1.807) is 0 Å². The Balaban J connectivity index is 1.93. The van der Waals surface area contributed by atoms with Crippen LogP contribution in [0.2, 0.25) is 0 Å². The van der Waals surface area contributed by atoms with Gasteiger partial charge in [-0.25, -0.2) is 0 Å². The Labute approximate surface area is 161 Å². The van der Waals surface area contributed by atoms with E-state index in [9.17, 15) is 0 Å². The molecule has 0 radical (unpaired) electrons. The maximum atomic E-state index is 6.72. The zero-order chi connectivity index (χ0) is 18.0. The summed E-state index contributed by atoms with van der Waals surface area (Å²) in [7, 11) is 0. The minimum atomic E-state index is 0.0532. The Kier molecular flexibility index (Phi) is 5.75. The van der Waals surface area contributed by atoms with Gasteiger partial charge in [0.1, 0.15) is 0 Å². The number of allylic oxidation sites excluding steroid dienone is 2. The second kappa shape index (κ2) is 7.67. The molecule has 2 nitrogen and oxygen atoms in total. The molecule has 0 bridgehead atoms. The fourth-order valence-electron chi connectivity index (χ4n) is 3.99. The monoisotopic (exact) mass is 376 g/mol. The van der Waals surface area contributed by atoms with Gasteiger partial charge in [-0.15, -0.1) is 11.8 Å². The lowest BCUT2D eigenvalue weighted by atomic mass is 9.80. The normalized spacial score (nSPS) is 24.3. The summed E-state index contributed by atoms with van der Waals surface area (Å²) in [6.45, 7) is 12.3. The molecule has 1 aromatic rings. The number of thioether (sulfide) groups is 1. The van der Waals surface area contributed by atoms with Gasteiger partial charge in [-0.3, -0.25) is 0 Å². The van der Waals surface area contributed by atoms with Crippen LogP contribution in [0.3, 0.4) is 0 Å². The Morgan fingerprint density at radius 2 is 2.08 bits per heavy atom. The number of halogens is 1. The van der Waals surface area contributed by atoms with E-state index >= 15 is 0 Å². The quantitative estimate of drug-likeness (QED) is 0.660. The predicted molar refractivity (Wildman–Crippen MR) is 113 cm³/mol. The molecule has 25 heavy (non-hydrogen) atoms. The van der Waals surface area contributed by atoms with Gasteiger partial charge in [0.15, 0.2) is 0 Å². The van der Waals surface area contributed by atoms with Crippen molar-refractivity contribution < 1.29 is 0 Å². The van der Waals surface area contributed by atoms with Crippen molar-refractivity contribution in [3.63, 3.8) is 0 Å². The molecule has 1 atom stereocenters. The Hall–Kier alpha value is -1.06. The summed E-state index contributed by atoms with van der Waals surface area (Å²) < 4.78 is 0. The van der Waals surface area contributed by atoms with E-state index in [1.807, 2.05) is 11.8 Å². The van der Waals surface area contributed by atoms with Gasteiger partial charge in [-0.05, 0) is 37.1 Å². The van der Waals surface area contributed by atoms with Crippen LogP contribution in [-0.2, 0) is 5.41 Å². The predicted octanol–water partition coefficient (Wildman–Crippen LogP) is 5.60. The summed E-state index contributed by atoms with van der Waals surface area (Å²) in [5.41, 5.74) is 2.84. The van der Waals surface area contributed by atoms with Gasteiger partial charge in [0, 0.05) is 41.5 Å². The van der Waals surface area contributed by atoms with Crippen molar-refractivity contribution in [2.24, 2.45) is 0 Å². The molecular weight excluding hydrogens is 348 g/mol. The Morgan fingerprint density at radius 3 is 2.80 bits per heavy atom. The Bertz CT molecular complexity index is 680. The number of para-hydroxylation sites is 1. The van der Waals surface area contributed by atoms with Gasteiger partial charge in [-0.2, -0.15) is 0 Å². The molecular formula is C21H29ClN2S. The number of anilines is 1. The standard InChI is InChI=1S/C21H29ClN2S/c1-5-11-24-18-10-8-7-9-17(18)21(3,4)19(24)14-16(22)15-20-23(6-2)12-13-25-20/h7-10,14-15,19H,5-6,11-13H2,1-4H3/b16-14-,20-15-. The molecule has 2 aliphatic rings. The number of benzene rings is 1. The number of hydrogen-bond acceptors (Lipinski definition) is 3. The first-order valence-electron chi connectivity index (χ1n) is 9.32. The third-order valence-corrected chi connectivity index (χ3v) is 6.62. The van der Waals surface area contributed by atoms with Crippen LogP contribution in [0.1, 0.15) is 39.7 Å². The van der Waals surface area contributed by atoms with Gasteiger partial charge in [0.05, 0.1) is 11.1 Å². The summed E-state index contributed by atoms with van der Waals surface area (Å²) in [6.07, 6.45) is 5.55. The molecule has 2 heterocycles. The van der Waals surface area contributed by atoms with Crippen molar-refractivity contribution >= 4 is 29.1 Å². The Morgan fingerprint density at radius 1 is 1.32 bits per heavy atom. The van der Waals surface area contributed by atoms with E-state index < -0.39 is 0 Å². The van der Waals surface area contributed by atoms with Crippen LogP contribution in [0.5, 0.6) is 0 Å². The molecule has 1 saturated heterocycles. The van der Waals surface area contributed by atoms with Crippen LogP contribution in [-0.4, -0.2) is 36.3 Å². The van der Waals surface area contributed by atoms with Crippen LogP contribution in [0.25, 0.3) is 0 Å². The maximum Gasteiger partial charge on any atom is 0.0723 e. The second-order valence-electron chi connectivity index (χ2n) is 7.34. The summed E-state index contributed by atoms with van der Waals surface area (Å²) in [4.78, 5) is 4.93. The molecule has 0 aliphatic carbocycles. The number of fused-ring (bicyclic) bond motifs is 1. The third kappa shape index (κ3) is 3.59. The highest BCUT2D eigenvalue weighted by Gasteiger charge is 2.42. The lowest BCUT2D eigenvalue weighted by molar-refractivity contribution is 0.425. The smallest absolute Gasteiger partial charge is 0.0723 e. The fraction of sp³-hybridized carbons (Fsp3) is 0.524. The average molecular weight is 377 g/mol. The van der Waals surface area contributed by atoms with E-state index in [0.717, 1.165) is 36.8 Å². The highest BCUT2D eigenvalue weighted by atomic mass is 35.5. The SMILES string of the molecule is CCCN1c2ccccc2C(C)(C)C1/C=C(Cl)/C=C1\SCCN1CC. The summed E-state index contributed by atoms with van der Waals surface area (Å²) in [5, 5.41) is 2.16. The van der Waals surface area contributed by atoms with Crippen LogP contribution in [0.15, 0.2) is 46.5 Å². The van der Waals surface area contributed by atoms with Gasteiger partial charge in [0.25, 0.3) is 0 Å². The fourth-order valence-corrected chi connectivity index (χ4v) is 5.41. The van der Waals surface area contributed by atoms with E-state index in [1.165, 1.54) is 16.3 Å². The van der Waals surface area contributed by atoms with E-state index in [0.29, 0.717) is 0 Å². The molecule has 0 amide bonds. The van der Waals surface area contributed by atoms with Crippen molar-refractivity contribution in [3.8, 4) is 0 Å². The topological polar surface area (TPSA) is 6.48 Å². The minimum Gasteiger partial charge on any atom is -0.366 e. The van der Waals surface area contributed by atoms with Crippen LogP contribution >= 0.6 is 23.4 Å². The van der Waals surface area contributed by atoms with E-state index in [-0.39, 0.29) is 11.5 Å². The van der Waals surface area contributed by atoms with Crippen LogP contribution < -0.4 is 4.90 Å². The van der Waals surface area contributed by atoms with Crippen molar-refractivity contribution in [2.45, 2.75) is 45.6 Å². The molecule has 0 aromatic heterocycles. The second-order valence-corrected chi connectivity index (χ2v) is 8.89. The summed E-state index contributed by atoms with van der Waals surface area (Å²) in [6, 6.07) is 9.09. The highest BCUT2D eigenvalue weighted by molar-refractivity contribution is 8.03. The summed E-state index contributed by atoms with van der Waals surface area (Å²) in [5.74, 6) is 1.16. The van der Waals surface area contributed by atoms with Gasteiger partial charge in [0.2, 0.25) is 0 Å². The van der Waals surface area contributed by atoms with Crippen molar-refractivity contribution in [1.82, 2.24) is 4.90 Å². The molecule has 2 aliphatic heterocycles. The maximum absolute atomic E-state index is 6.72. The number of hydrogen-bond donors (Lipinski definition) is 0. The van der Waals surface area contributed by atoms with E-state index in [4.69, 9.17) is 11.6 Å². The van der Waals surface area contributed by atoms with Crippen LogP contribution in [0, 0.1) is 0 Å². The molecule has 1 unspecified atom stereocenters. The van der Waals surface area contributed by atoms with Crippen molar-refractivity contribution in [3.05, 3.63) is 52.0 Å². The third-order valence-electron chi connectivity index (χ3n) is 5.33. The van der Waals surface area contributed by atoms with E-state index in [2.05, 4.69) is 73.9 Å². The molecule has 1 fully saturated rings. The van der Waals surface area contributed by atoms with Gasteiger partial charge in [-0.1, -0.05) is 50.6 Å². The minimum absolute atomic E-state index is 0.0532. The molecule has 1 aromatic carbocycles. The zero-order valence-corrected chi connectivity index (χ0v) is 17.3. The largest absolute Gasteiger partial charge is 0.366 e. The molecule has 0 spiro atoms. The lowest BCUT2D eigenvalue weighted by Crippen LogP contribution is -2.40.